The Kier molecular flexibility index (Phi) is 5.33. The predicted molar refractivity (Wildman–Crippen MR) is 125 cm³/mol. The minimum atomic E-state index is -0.285. The summed E-state index contributed by atoms with van der Waals surface area (Å²) in [7, 11) is 1.64. The van der Waals surface area contributed by atoms with Gasteiger partial charge in [0.2, 0.25) is 0 Å². The zero-order valence-corrected chi connectivity index (χ0v) is 18.1. The van der Waals surface area contributed by atoms with Gasteiger partial charge in [-0.25, -0.2) is 4.39 Å². The molecule has 1 N–H and O–H groups in total. The molecule has 2 atom stereocenters. The normalized spacial score (nSPS) is 17.9. The van der Waals surface area contributed by atoms with Crippen LogP contribution in [0.5, 0.6) is 5.75 Å². The summed E-state index contributed by atoms with van der Waals surface area (Å²) in [4.78, 5) is 6.58. The van der Waals surface area contributed by atoms with Crippen LogP contribution < -0.4 is 15.0 Å². The first-order chi connectivity index (χ1) is 15.6. The molecule has 1 saturated heterocycles. The van der Waals surface area contributed by atoms with Crippen molar-refractivity contribution in [2.24, 2.45) is 0 Å². The summed E-state index contributed by atoms with van der Waals surface area (Å²) in [6.07, 6.45) is 1.76. The number of rotatable bonds is 5. The molecule has 4 aromatic rings. The first-order valence-electron chi connectivity index (χ1n) is 10.1. The molecule has 2 aromatic carbocycles. The number of ether oxygens (including phenoxy) is 1. The maximum Gasteiger partial charge on any atom is 0.174 e. The lowest BCUT2D eigenvalue weighted by Crippen LogP contribution is -2.29. The van der Waals surface area contributed by atoms with Gasteiger partial charge in [0.1, 0.15) is 29.1 Å². The number of aromatic nitrogens is 1. The highest BCUT2D eigenvalue weighted by Crippen LogP contribution is 2.43. The molecule has 0 amide bonds. The van der Waals surface area contributed by atoms with Gasteiger partial charge in [-0.1, -0.05) is 6.07 Å². The van der Waals surface area contributed by atoms with E-state index < -0.39 is 0 Å². The topological polar surface area (TPSA) is 50.5 Å². The van der Waals surface area contributed by atoms with Crippen molar-refractivity contribution in [2.45, 2.75) is 12.1 Å². The molecule has 1 aliphatic heterocycles. The van der Waals surface area contributed by atoms with Gasteiger partial charge >= 0.3 is 0 Å². The van der Waals surface area contributed by atoms with Gasteiger partial charge in [-0.3, -0.25) is 4.98 Å². The molecular formula is C25H20FN3O2S. The number of halogens is 1. The van der Waals surface area contributed by atoms with Crippen LogP contribution >= 0.6 is 12.2 Å². The Hall–Kier alpha value is -3.71. The van der Waals surface area contributed by atoms with Crippen molar-refractivity contribution in [1.29, 1.82) is 0 Å². The molecule has 0 aliphatic carbocycles. The Morgan fingerprint density at radius 1 is 1.00 bits per heavy atom. The highest BCUT2D eigenvalue weighted by molar-refractivity contribution is 7.80. The summed E-state index contributed by atoms with van der Waals surface area (Å²) < 4.78 is 24.9. The Morgan fingerprint density at radius 3 is 2.47 bits per heavy atom. The average Bonchev–Trinajstić information content (AvgIpc) is 3.45. The number of anilines is 1. The van der Waals surface area contributed by atoms with Gasteiger partial charge in [-0.15, -0.1) is 0 Å². The van der Waals surface area contributed by atoms with Gasteiger partial charge in [0.05, 0.1) is 18.8 Å². The van der Waals surface area contributed by atoms with E-state index in [0.29, 0.717) is 10.9 Å². The lowest BCUT2D eigenvalue weighted by Gasteiger charge is -2.26. The van der Waals surface area contributed by atoms with Crippen LogP contribution in [0.3, 0.4) is 0 Å². The maximum atomic E-state index is 13.4. The number of methoxy groups -OCH3 is 1. The van der Waals surface area contributed by atoms with E-state index in [9.17, 15) is 4.39 Å². The largest absolute Gasteiger partial charge is 0.497 e. The summed E-state index contributed by atoms with van der Waals surface area (Å²) in [5.41, 5.74) is 2.57. The molecule has 5 rings (SSSR count). The minimum absolute atomic E-state index is 0.210. The number of pyridine rings is 1. The summed E-state index contributed by atoms with van der Waals surface area (Å²) in [6.45, 7) is 0. The maximum absolute atomic E-state index is 13.4. The van der Waals surface area contributed by atoms with Gasteiger partial charge in [0.25, 0.3) is 0 Å². The van der Waals surface area contributed by atoms with Gasteiger partial charge < -0.3 is 19.4 Å². The second-order valence-electron chi connectivity index (χ2n) is 7.40. The zero-order chi connectivity index (χ0) is 22.1. The van der Waals surface area contributed by atoms with Crippen LogP contribution in [0, 0.1) is 5.82 Å². The molecule has 0 spiro atoms. The molecule has 0 saturated carbocycles. The number of nitrogens with zero attached hydrogens (tertiary/aromatic N) is 2. The summed E-state index contributed by atoms with van der Waals surface area (Å²) in [6, 6.07) is 23.1. The van der Waals surface area contributed by atoms with Crippen molar-refractivity contribution >= 4 is 23.0 Å². The average molecular weight is 446 g/mol. The third-order valence-electron chi connectivity index (χ3n) is 5.50. The van der Waals surface area contributed by atoms with E-state index in [1.807, 2.05) is 59.5 Å². The second kappa shape index (κ2) is 8.43. The Bertz CT molecular complexity index is 1230. The number of benzene rings is 2. The predicted octanol–water partition coefficient (Wildman–Crippen LogP) is 5.67. The number of thiocarbonyl (C=S) groups is 1. The van der Waals surface area contributed by atoms with Crippen molar-refractivity contribution in [2.75, 3.05) is 12.0 Å². The molecule has 2 aromatic heterocycles. The third-order valence-corrected chi connectivity index (χ3v) is 5.81. The first-order valence-corrected chi connectivity index (χ1v) is 10.6. The molecule has 1 aliphatic rings. The molecule has 160 valence electrons. The molecule has 0 bridgehead atoms. The van der Waals surface area contributed by atoms with E-state index in [1.54, 1.807) is 25.4 Å². The fraction of sp³-hybridized carbons (Fsp3) is 0.120. The molecule has 0 radical (unpaired) electrons. The molecule has 32 heavy (non-hydrogen) atoms. The van der Waals surface area contributed by atoms with Crippen LogP contribution in [-0.2, 0) is 0 Å². The van der Waals surface area contributed by atoms with Crippen molar-refractivity contribution in [3.8, 4) is 17.1 Å². The lowest BCUT2D eigenvalue weighted by molar-refractivity contribution is 0.414. The Labute approximate surface area is 190 Å². The fourth-order valence-electron chi connectivity index (χ4n) is 3.95. The van der Waals surface area contributed by atoms with Gasteiger partial charge in [-0.05, 0) is 85.0 Å². The number of nitrogens with one attached hydrogen (secondary N) is 1. The number of hydrogen-bond donors (Lipinski definition) is 1. The SMILES string of the molecule is COc1ccc(N2C(=S)N[C@@H](c3ccccn3)[C@@H]2c2ccc(-c3ccc(F)cc3)o2)cc1. The van der Waals surface area contributed by atoms with Crippen molar-refractivity contribution in [3.05, 3.63) is 102 Å². The lowest BCUT2D eigenvalue weighted by atomic mass is 10.0. The molecule has 0 unspecified atom stereocenters. The quantitative estimate of drug-likeness (QED) is 0.400. The van der Waals surface area contributed by atoms with E-state index >= 15 is 0 Å². The first kappa shape index (κ1) is 20.2. The summed E-state index contributed by atoms with van der Waals surface area (Å²) in [5.74, 6) is 1.86. The van der Waals surface area contributed by atoms with Crippen LogP contribution in [0.4, 0.5) is 10.1 Å². The van der Waals surface area contributed by atoms with Crippen LogP contribution in [0.15, 0.2) is 89.5 Å². The van der Waals surface area contributed by atoms with Crippen LogP contribution in [0.1, 0.15) is 23.5 Å². The van der Waals surface area contributed by atoms with Crippen LogP contribution in [0.25, 0.3) is 11.3 Å². The van der Waals surface area contributed by atoms with Gasteiger partial charge in [0.15, 0.2) is 5.11 Å². The summed E-state index contributed by atoms with van der Waals surface area (Å²) in [5, 5.41) is 3.99. The highest BCUT2D eigenvalue weighted by Gasteiger charge is 2.42. The van der Waals surface area contributed by atoms with E-state index in [0.717, 1.165) is 28.5 Å². The van der Waals surface area contributed by atoms with Crippen molar-refractivity contribution in [1.82, 2.24) is 10.3 Å². The highest BCUT2D eigenvalue weighted by atomic mass is 32.1. The van der Waals surface area contributed by atoms with Crippen LogP contribution in [-0.4, -0.2) is 17.2 Å². The Morgan fingerprint density at radius 2 is 1.78 bits per heavy atom. The fourth-order valence-corrected chi connectivity index (χ4v) is 4.29. The summed E-state index contributed by atoms with van der Waals surface area (Å²) >= 11 is 5.72. The number of hydrogen-bond acceptors (Lipinski definition) is 4. The smallest absolute Gasteiger partial charge is 0.174 e. The van der Waals surface area contributed by atoms with Gasteiger partial charge in [0, 0.05) is 17.4 Å². The zero-order valence-electron chi connectivity index (χ0n) is 17.2. The van der Waals surface area contributed by atoms with Crippen molar-refractivity contribution in [3.63, 3.8) is 0 Å². The monoisotopic (exact) mass is 445 g/mol. The van der Waals surface area contributed by atoms with Crippen LogP contribution in [0.2, 0.25) is 0 Å². The Balaban J connectivity index is 1.57. The minimum Gasteiger partial charge on any atom is -0.497 e. The van der Waals surface area contributed by atoms with E-state index in [4.69, 9.17) is 21.4 Å². The van der Waals surface area contributed by atoms with E-state index in [-0.39, 0.29) is 17.9 Å². The number of furan rings is 1. The molecule has 5 nitrogen and oxygen atoms in total. The molecular weight excluding hydrogens is 425 g/mol. The molecule has 7 heteroatoms. The molecule has 3 heterocycles. The van der Waals surface area contributed by atoms with Gasteiger partial charge in [-0.2, -0.15) is 0 Å². The third kappa shape index (κ3) is 3.71. The van der Waals surface area contributed by atoms with E-state index in [1.165, 1.54) is 12.1 Å². The van der Waals surface area contributed by atoms with E-state index in [2.05, 4.69) is 10.3 Å². The second-order valence-corrected chi connectivity index (χ2v) is 7.79. The standard InChI is InChI=1S/C25H20FN3O2S/c1-30-19-11-9-18(10-12-19)29-24(23(28-25(29)32)20-4-2-3-15-27-20)22-14-13-21(31-22)16-5-7-17(26)8-6-16/h2-15,23-24H,1H3,(H,28,32)/t23-,24-/m0/s1. The molecule has 1 fully saturated rings. The van der Waals surface area contributed by atoms with Crippen molar-refractivity contribution < 1.29 is 13.5 Å².